The van der Waals surface area contributed by atoms with Crippen LogP contribution in [0.4, 0.5) is 23.7 Å². The fraction of sp³-hybridized carbons (Fsp3) is 0.217. The van der Waals surface area contributed by atoms with Crippen molar-refractivity contribution in [2.45, 2.75) is 25.6 Å². The van der Waals surface area contributed by atoms with Crippen LogP contribution in [0.25, 0.3) is 22.5 Å². The Bertz CT molecular complexity index is 1300. The van der Waals surface area contributed by atoms with Gasteiger partial charge in [-0.3, -0.25) is 9.20 Å². The van der Waals surface area contributed by atoms with E-state index in [2.05, 4.69) is 15.6 Å². The van der Waals surface area contributed by atoms with Crippen molar-refractivity contribution in [1.29, 1.82) is 5.41 Å². The summed E-state index contributed by atoms with van der Waals surface area (Å²) in [7, 11) is 0. The fourth-order valence-corrected chi connectivity index (χ4v) is 3.02. The second-order valence-corrected chi connectivity index (χ2v) is 8.17. The first-order valence-electron chi connectivity index (χ1n) is 10.4. The first kappa shape index (κ1) is 25.3. The van der Waals surface area contributed by atoms with Crippen LogP contribution in [0, 0.1) is 5.41 Å². The summed E-state index contributed by atoms with van der Waals surface area (Å²) in [5.41, 5.74) is 7.78. The van der Waals surface area contributed by atoms with E-state index in [1.165, 1.54) is 6.20 Å². The molecule has 2 aromatic heterocycles. The highest BCUT2D eigenvalue weighted by molar-refractivity contribution is 6.08. The maximum absolute atomic E-state index is 12.3. The first-order chi connectivity index (χ1) is 16.4. The van der Waals surface area contributed by atoms with Crippen LogP contribution in [0.3, 0.4) is 0 Å². The molecule has 0 bridgehead atoms. The number of hydrogen-bond acceptors (Lipinski definition) is 5. The number of carbonyl (C=O) groups excluding carboxylic acids is 2. The smallest absolute Gasteiger partial charge is 0.377 e. The molecule has 0 aliphatic rings. The van der Waals surface area contributed by atoms with Crippen LogP contribution in [0.5, 0.6) is 0 Å². The van der Waals surface area contributed by atoms with E-state index in [1.54, 1.807) is 72.4 Å². The van der Waals surface area contributed by atoms with Gasteiger partial charge in [-0.1, -0.05) is 12.1 Å². The number of pyridine rings is 1. The number of aromatic nitrogens is 2. The minimum absolute atomic E-state index is 0.311. The number of hydrogen-bond donors (Lipinski definition) is 5. The van der Waals surface area contributed by atoms with Crippen molar-refractivity contribution in [2.75, 3.05) is 11.9 Å². The van der Waals surface area contributed by atoms with Gasteiger partial charge < -0.3 is 27.1 Å². The number of urea groups is 1. The fourth-order valence-electron chi connectivity index (χ4n) is 3.02. The van der Waals surface area contributed by atoms with Gasteiger partial charge in [-0.25, -0.2) is 9.78 Å². The topological polar surface area (TPSA) is 137 Å². The lowest BCUT2D eigenvalue weighted by molar-refractivity contribution is -0.123. The zero-order valence-electron chi connectivity index (χ0n) is 18.9. The Hall–Kier alpha value is -4.35. The Morgan fingerprint density at radius 2 is 1.94 bits per heavy atom. The summed E-state index contributed by atoms with van der Waals surface area (Å²) in [6.45, 7) is 1.82. The lowest BCUT2D eigenvalue weighted by atomic mass is 10.0. The molecule has 0 fully saturated rings. The number of halogens is 3. The van der Waals surface area contributed by atoms with Crippen molar-refractivity contribution in [2.24, 2.45) is 5.73 Å². The Kier molecular flexibility index (Phi) is 7.13. The minimum atomic E-state index is -4.50. The summed E-state index contributed by atoms with van der Waals surface area (Å²) in [6.07, 6.45) is 1.53. The number of imidazole rings is 1. The molecule has 1 aromatic carbocycles. The van der Waals surface area contributed by atoms with Gasteiger partial charge >= 0.3 is 12.2 Å². The highest BCUT2D eigenvalue weighted by atomic mass is 19.4. The Morgan fingerprint density at radius 3 is 2.60 bits per heavy atom. The SMILES string of the molecule is CC(C)(N/C=C(\C=N)c1ccn2c(-c3cccc(NC(=O)NCC(F)(F)F)c3)cnc2c1)C(N)=O. The average Bonchev–Trinajstić information content (AvgIpc) is 3.21. The third kappa shape index (κ3) is 6.37. The molecule has 3 aromatic rings. The molecule has 0 aliphatic heterocycles. The molecule has 184 valence electrons. The van der Waals surface area contributed by atoms with Crippen molar-refractivity contribution < 1.29 is 22.8 Å². The third-order valence-corrected chi connectivity index (χ3v) is 5.07. The lowest BCUT2D eigenvalue weighted by Gasteiger charge is -2.21. The minimum Gasteiger partial charge on any atom is -0.377 e. The van der Waals surface area contributed by atoms with Crippen LogP contribution in [0.15, 0.2) is 55.0 Å². The molecule has 0 aliphatic carbocycles. The van der Waals surface area contributed by atoms with E-state index in [1.807, 2.05) is 0 Å². The van der Waals surface area contributed by atoms with Crippen molar-refractivity contribution in [3.63, 3.8) is 0 Å². The van der Waals surface area contributed by atoms with E-state index in [-0.39, 0.29) is 0 Å². The highest BCUT2D eigenvalue weighted by Crippen LogP contribution is 2.25. The maximum atomic E-state index is 12.3. The van der Waals surface area contributed by atoms with Crippen molar-refractivity contribution in [1.82, 2.24) is 20.0 Å². The van der Waals surface area contributed by atoms with Gasteiger partial charge in [0.1, 0.15) is 17.7 Å². The van der Waals surface area contributed by atoms with Gasteiger partial charge in [0, 0.05) is 35.4 Å². The van der Waals surface area contributed by atoms with E-state index in [9.17, 15) is 22.8 Å². The first-order valence-corrected chi connectivity index (χ1v) is 10.4. The number of anilines is 1. The molecule has 0 saturated heterocycles. The predicted octanol–water partition coefficient (Wildman–Crippen LogP) is 3.53. The van der Waals surface area contributed by atoms with Gasteiger partial charge in [-0.2, -0.15) is 13.2 Å². The number of benzene rings is 1. The molecule has 9 nitrogen and oxygen atoms in total. The summed E-state index contributed by atoms with van der Waals surface area (Å²) in [6, 6.07) is 9.15. The number of nitrogens with two attached hydrogens (primary N) is 1. The van der Waals surface area contributed by atoms with E-state index in [0.717, 1.165) is 6.21 Å². The molecule has 0 spiro atoms. The van der Waals surface area contributed by atoms with Crippen LogP contribution in [-0.2, 0) is 4.79 Å². The molecule has 0 radical (unpaired) electrons. The number of carbonyl (C=O) groups is 2. The van der Waals surface area contributed by atoms with E-state index >= 15 is 0 Å². The van der Waals surface area contributed by atoms with E-state index in [0.29, 0.717) is 33.7 Å². The van der Waals surface area contributed by atoms with Crippen LogP contribution < -0.4 is 21.7 Å². The summed E-state index contributed by atoms with van der Waals surface area (Å²) in [4.78, 5) is 27.7. The normalized spacial score (nSPS) is 12.3. The van der Waals surface area contributed by atoms with Gasteiger partial charge in [0.15, 0.2) is 0 Å². The van der Waals surface area contributed by atoms with Crippen LogP contribution in [0.2, 0.25) is 0 Å². The molecule has 3 rings (SSSR count). The number of primary amides is 1. The zero-order valence-corrected chi connectivity index (χ0v) is 18.9. The molecule has 0 atom stereocenters. The summed E-state index contributed by atoms with van der Waals surface area (Å²) in [5.74, 6) is -0.541. The predicted molar refractivity (Wildman–Crippen MR) is 127 cm³/mol. The number of nitrogens with zero attached hydrogens (tertiary/aromatic N) is 2. The van der Waals surface area contributed by atoms with Crippen LogP contribution in [-0.4, -0.2) is 45.8 Å². The van der Waals surface area contributed by atoms with Gasteiger partial charge in [-0.15, -0.1) is 0 Å². The summed E-state index contributed by atoms with van der Waals surface area (Å²) < 4.78 is 38.7. The van der Waals surface area contributed by atoms with Gasteiger partial charge in [-0.05, 0) is 43.7 Å². The molecule has 35 heavy (non-hydrogen) atoms. The number of fused-ring (bicyclic) bond motifs is 1. The molecular formula is C23H24F3N7O2. The molecule has 0 saturated carbocycles. The van der Waals surface area contributed by atoms with Gasteiger partial charge in [0.2, 0.25) is 5.91 Å². The Labute approximate surface area is 198 Å². The molecular weight excluding hydrogens is 463 g/mol. The monoisotopic (exact) mass is 487 g/mol. The number of allylic oxidation sites excluding steroid dienone is 1. The largest absolute Gasteiger partial charge is 0.405 e. The standard InChI is InChI=1S/C23H24F3N7O2/c1-22(2,20(28)34)31-11-16(10-27)14-6-7-33-18(12-29-19(33)9-14)15-4-3-5-17(8-15)32-21(35)30-13-23(24,25)26/h3-12,27,31H,13H2,1-2H3,(H2,28,34)(H2,30,32,35)/b16-11+,27-10?. The van der Waals surface area contributed by atoms with E-state index in [4.69, 9.17) is 11.1 Å². The highest BCUT2D eigenvalue weighted by Gasteiger charge is 2.27. The zero-order chi connectivity index (χ0) is 25.8. The van der Waals surface area contributed by atoms with Gasteiger partial charge in [0.25, 0.3) is 0 Å². The van der Waals surface area contributed by atoms with Crippen molar-refractivity contribution >= 4 is 35.1 Å². The Balaban J connectivity index is 1.83. The van der Waals surface area contributed by atoms with Crippen molar-refractivity contribution in [3.8, 4) is 11.3 Å². The van der Waals surface area contributed by atoms with Gasteiger partial charge in [0.05, 0.1) is 11.9 Å². The number of amides is 3. The van der Waals surface area contributed by atoms with Crippen molar-refractivity contribution in [3.05, 3.63) is 60.6 Å². The Morgan fingerprint density at radius 1 is 1.20 bits per heavy atom. The third-order valence-electron chi connectivity index (χ3n) is 5.07. The molecule has 3 amide bonds. The lowest BCUT2D eigenvalue weighted by Crippen LogP contribution is -2.48. The molecule has 6 N–H and O–H groups in total. The molecule has 12 heteroatoms. The molecule has 2 heterocycles. The summed E-state index contributed by atoms with van der Waals surface area (Å²) >= 11 is 0. The number of nitrogens with one attached hydrogen (secondary N) is 4. The second kappa shape index (κ2) is 9.87. The summed E-state index contributed by atoms with van der Waals surface area (Å²) in [5, 5.41) is 14.8. The van der Waals surface area contributed by atoms with E-state index < -0.39 is 30.2 Å². The quantitative estimate of drug-likeness (QED) is 0.310. The average molecular weight is 487 g/mol. The number of rotatable bonds is 8. The van der Waals surface area contributed by atoms with Crippen LogP contribution >= 0.6 is 0 Å². The second-order valence-electron chi connectivity index (χ2n) is 8.17. The number of alkyl halides is 3. The molecule has 0 unspecified atom stereocenters. The van der Waals surface area contributed by atoms with Crippen LogP contribution in [0.1, 0.15) is 19.4 Å². The maximum Gasteiger partial charge on any atom is 0.405 e.